The van der Waals surface area contributed by atoms with Gasteiger partial charge in [0.2, 0.25) is 0 Å². The fourth-order valence-electron chi connectivity index (χ4n) is 0.176. The van der Waals surface area contributed by atoms with Gasteiger partial charge in [0.15, 0.2) is 0 Å². The Morgan fingerprint density at radius 1 is 1.86 bits per heavy atom. The number of nitrogens with two attached hydrogens (primary N) is 1. The highest BCUT2D eigenvalue weighted by atomic mass is 16.1. The summed E-state index contributed by atoms with van der Waals surface area (Å²) in [6.45, 7) is 1.86. The smallest absolute Gasteiger partial charge is 0.293 e. The summed E-state index contributed by atoms with van der Waals surface area (Å²) in [5.74, 6) is 4.15. The fourth-order valence-corrected chi connectivity index (χ4v) is 0.176. The van der Waals surface area contributed by atoms with Crippen molar-refractivity contribution < 1.29 is 4.79 Å². The molecule has 0 heterocycles. The first-order valence-electron chi connectivity index (χ1n) is 2.05. The van der Waals surface area contributed by atoms with Crippen molar-refractivity contribution in [3.63, 3.8) is 0 Å². The minimum atomic E-state index is -0.554. The number of hydrogen-bond acceptors (Lipinski definition) is 1. The Labute approximate surface area is 42.7 Å². The first-order valence-corrected chi connectivity index (χ1v) is 2.05. The summed E-state index contributed by atoms with van der Waals surface area (Å²) >= 11 is 0. The van der Waals surface area contributed by atoms with E-state index in [9.17, 15) is 4.79 Å². The first kappa shape index (κ1) is 6.03. The molecule has 0 spiro atoms. The molecule has 0 aromatic carbocycles. The van der Waals surface area contributed by atoms with Gasteiger partial charge in [-0.2, -0.15) is 0 Å². The summed E-state index contributed by atoms with van der Waals surface area (Å²) < 4.78 is 0. The maximum atomic E-state index is 9.81. The average molecular weight is 97.1 g/mol. The van der Waals surface area contributed by atoms with Gasteiger partial charge in [-0.1, -0.05) is 12.8 Å². The quantitative estimate of drug-likeness (QED) is 0.421. The van der Waals surface area contributed by atoms with E-state index < -0.39 is 5.91 Å². The van der Waals surface area contributed by atoms with E-state index >= 15 is 0 Å². The molecule has 1 amide bonds. The van der Waals surface area contributed by atoms with Crippen LogP contribution in [0.2, 0.25) is 0 Å². The van der Waals surface area contributed by atoms with Gasteiger partial charge in [0.25, 0.3) is 5.91 Å². The molecule has 0 aromatic rings. The van der Waals surface area contributed by atoms with Crippen molar-refractivity contribution >= 4 is 5.91 Å². The van der Waals surface area contributed by atoms with E-state index in [0.29, 0.717) is 6.42 Å². The van der Waals surface area contributed by atoms with Crippen LogP contribution in [0.4, 0.5) is 0 Å². The van der Waals surface area contributed by atoms with E-state index in [4.69, 9.17) is 0 Å². The summed E-state index contributed by atoms with van der Waals surface area (Å²) in [7, 11) is 0. The van der Waals surface area contributed by atoms with Gasteiger partial charge in [-0.3, -0.25) is 4.79 Å². The second-order valence-electron chi connectivity index (χ2n) is 1.02. The zero-order chi connectivity index (χ0) is 5.70. The highest BCUT2D eigenvalue weighted by Crippen LogP contribution is 1.63. The van der Waals surface area contributed by atoms with Crippen LogP contribution in [-0.2, 0) is 4.79 Å². The molecular weight excluding hydrogens is 90.1 g/mol. The third-order valence-corrected chi connectivity index (χ3v) is 0.388. The zero-order valence-electron chi connectivity index (χ0n) is 4.19. The van der Waals surface area contributed by atoms with E-state index in [1.165, 1.54) is 0 Å². The molecule has 0 aromatic heterocycles. The molecule has 0 bridgehead atoms. The fraction of sp³-hybridized carbons (Fsp3) is 0.400. The average Bonchev–Trinajstić information content (AvgIpc) is 1.61. The Kier molecular flexibility index (Phi) is 2.78. The van der Waals surface area contributed by atoms with Gasteiger partial charge < -0.3 is 5.73 Å². The molecule has 2 N–H and O–H groups in total. The standard InChI is InChI=1S/C5H7NO/c1-2-3-4-5(6)7/h2H2,1H3,(H2,6,7). The lowest BCUT2D eigenvalue weighted by Crippen LogP contribution is -2.05. The van der Waals surface area contributed by atoms with Gasteiger partial charge in [0.05, 0.1) is 0 Å². The van der Waals surface area contributed by atoms with Crippen molar-refractivity contribution in [2.45, 2.75) is 13.3 Å². The van der Waals surface area contributed by atoms with Crippen LogP contribution in [0.3, 0.4) is 0 Å². The summed E-state index contributed by atoms with van der Waals surface area (Å²) in [5, 5.41) is 0. The number of carbonyl (C=O) groups excluding carboxylic acids is 1. The van der Waals surface area contributed by atoms with Crippen LogP contribution in [0.15, 0.2) is 0 Å². The molecule has 0 radical (unpaired) electrons. The maximum Gasteiger partial charge on any atom is 0.293 e. The van der Waals surface area contributed by atoms with Crippen LogP contribution >= 0.6 is 0 Å². The molecule has 0 unspecified atom stereocenters. The van der Waals surface area contributed by atoms with Gasteiger partial charge in [-0.05, 0) is 5.92 Å². The summed E-state index contributed by atoms with van der Waals surface area (Å²) in [6.07, 6.45) is 0.683. The second-order valence-corrected chi connectivity index (χ2v) is 1.02. The SMILES string of the molecule is CCC#CC(N)=O. The van der Waals surface area contributed by atoms with Crippen molar-refractivity contribution in [3.8, 4) is 11.8 Å². The van der Waals surface area contributed by atoms with Crippen molar-refractivity contribution in [2.24, 2.45) is 5.73 Å². The van der Waals surface area contributed by atoms with E-state index in [-0.39, 0.29) is 0 Å². The Morgan fingerprint density at radius 2 is 2.43 bits per heavy atom. The van der Waals surface area contributed by atoms with Gasteiger partial charge in [0, 0.05) is 6.42 Å². The highest BCUT2D eigenvalue weighted by molar-refractivity contribution is 5.91. The molecule has 7 heavy (non-hydrogen) atoms. The van der Waals surface area contributed by atoms with Crippen LogP contribution in [0.5, 0.6) is 0 Å². The largest absolute Gasteiger partial charge is 0.359 e. The molecule has 0 aliphatic carbocycles. The molecule has 2 heteroatoms. The third-order valence-electron chi connectivity index (χ3n) is 0.388. The van der Waals surface area contributed by atoms with Gasteiger partial charge in [0.1, 0.15) is 0 Å². The lowest BCUT2D eigenvalue weighted by Gasteiger charge is -1.68. The van der Waals surface area contributed by atoms with Crippen molar-refractivity contribution in [2.75, 3.05) is 0 Å². The number of rotatable bonds is 0. The lowest BCUT2D eigenvalue weighted by atomic mass is 10.5. The molecule has 0 aliphatic rings. The Bertz CT molecular complexity index is 118. The van der Waals surface area contributed by atoms with E-state index in [2.05, 4.69) is 17.6 Å². The topological polar surface area (TPSA) is 43.1 Å². The predicted molar refractivity (Wildman–Crippen MR) is 27.3 cm³/mol. The van der Waals surface area contributed by atoms with Crippen LogP contribution in [-0.4, -0.2) is 5.91 Å². The predicted octanol–water partition coefficient (Wildman–Crippen LogP) is -0.115. The van der Waals surface area contributed by atoms with Gasteiger partial charge in [-0.25, -0.2) is 0 Å². The molecule has 0 atom stereocenters. The second kappa shape index (κ2) is 3.23. The lowest BCUT2D eigenvalue weighted by molar-refractivity contribution is -0.112. The molecular formula is C5H7NO. The van der Waals surface area contributed by atoms with Crippen molar-refractivity contribution in [1.82, 2.24) is 0 Å². The summed E-state index contributed by atoms with van der Waals surface area (Å²) in [4.78, 5) is 9.81. The Balaban J connectivity index is 3.45. The molecule has 0 rings (SSSR count). The molecule has 0 aliphatic heterocycles. The van der Waals surface area contributed by atoms with Crippen LogP contribution in [0.25, 0.3) is 0 Å². The van der Waals surface area contributed by atoms with E-state index in [1.807, 2.05) is 6.92 Å². The molecule has 0 saturated carbocycles. The van der Waals surface area contributed by atoms with Crippen molar-refractivity contribution in [3.05, 3.63) is 0 Å². The van der Waals surface area contributed by atoms with Gasteiger partial charge in [-0.15, -0.1) is 0 Å². The van der Waals surface area contributed by atoms with E-state index in [1.54, 1.807) is 0 Å². The monoisotopic (exact) mass is 97.1 g/mol. The van der Waals surface area contributed by atoms with Gasteiger partial charge >= 0.3 is 0 Å². The zero-order valence-corrected chi connectivity index (χ0v) is 4.19. The number of primary amides is 1. The van der Waals surface area contributed by atoms with E-state index in [0.717, 1.165) is 0 Å². The highest BCUT2D eigenvalue weighted by Gasteiger charge is 1.74. The third kappa shape index (κ3) is 5.03. The molecule has 38 valence electrons. The maximum absolute atomic E-state index is 9.81. The van der Waals surface area contributed by atoms with Crippen LogP contribution in [0.1, 0.15) is 13.3 Å². The Hall–Kier alpha value is -0.970. The Morgan fingerprint density at radius 3 is 2.57 bits per heavy atom. The molecule has 2 nitrogen and oxygen atoms in total. The summed E-state index contributed by atoms with van der Waals surface area (Å²) in [6, 6.07) is 0. The minimum Gasteiger partial charge on any atom is -0.359 e. The number of carbonyl (C=O) groups is 1. The number of hydrogen-bond donors (Lipinski definition) is 1. The normalized spacial score (nSPS) is 6.43. The van der Waals surface area contributed by atoms with Crippen LogP contribution in [0, 0.1) is 11.8 Å². The minimum absolute atomic E-state index is 0.554. The van der Waals surface area contributed by atoms with Crippen LogP contribution < -0.4 is 5.73 Å². The number of amides is 1. The first-order chi connectivity index (χ1) is 3.27. The van der Waals surface area contributed by atoms with Crippen molar-refractivity contribution in [1.29, 1.82) is 0 Å². The molecule has 0 fully saturated rings. The molecule has 0 saturated heterocycles. The summed E-state index contributed by atoms with van der Waals surface area (Å²) in [5.41, 5.74) is 4.67.